The Labute approximate surface area is 143 Å². The molecule has 1 unspecified atom stereocenters. The van der Waals surface area contributed by atoms with Gasteiger partial charge in [-0.1, -0.05) is 0 Å². The van der Waals surface area contributed by atoms with Gasteiger partial charge in [0.15, 0.2) is 0 Å². The molecule has 2 rings (SSSR count). The second kappa shape index (κ2) is 11.2. The van der Waals surface area contributed by atoms with Crippen molar-refractivity contribution in [2.75, 3.05) is 52.6 Å². The molecule has 0 saturated carbocycles. The van der Waals surface area contributed by atoms with Crippen LogP contribution < -0.4 is 10.6 Å². The minimum atomic E-state index is -6.23. The monoisotopic (exact) mass is 418 g/mol. The van der Waals surface area contributed by atoms with Crippen molar-refractivity contribution < 1.29 is 48.6 Å². The van der Waals surface area contributed by atoms with Crippen LogP contribution in [-0.2, 0) is 29.7 Å². The predicted octanol–water partition coefficient (Wildman–Crippen LogP) is -1.14. The Morgan fingerprint density at radius 2 is 1.16 bits per heavy atom. The maximum absolute atomic E-state index is 12.1. The summed E-state index contributed by atoms with van der Waals surface area (Å²) in [6.07, 6.45) is 0. The third-order valence-corrected chi connectivity index (χ3v) is 4.43. The first-order chi connectivity index (χ1) is 11.4. The molecule has 4 N–H and O–H groups in total. The molecule has 25 heavy (non-hydrogen) atoms. The SMILES string of the molecule is C1COCCN1.C1COCCN1.O=S(=O)(O)C(F)C(F)(F)S(=O)(=O)O. The van der Waals surface area contributed by atoms with Crippen molar-refractivity contribution in [1.82, 2.24) is 10.6 Å². The fourth-order valence-electron chi connectivity index (χ4n) is 1.32. The van der Waals surface area contributed by atoms with E-state index >= 15 is 0 Å². The lowest BCUT2D eigenvalue weighted by Gasteiger charge is -2.14. The van der Waals surface area contributed by atoms with E-state index in [1.165, 1.54) is 0 Å². The molecule has 10 nitrogen and oxygen atoms in total. The summed E-state index contributed by atoms with van der Waals surface area (Å²) in [5, 5.41) is 0.723. The average Bonchev–Trinajstić information content (AvgIpc) is 2.56. The first-order valence-corrected chi connectivity index (χ1v) is 9.87. The van der Waals surface area contributed by atoms with Gasteiger partial charge in [0.25, 0.3) is 0 Å². The molecule has 2 aliphatic rings. The van der Waals surface area contributed by atoms with Crippen LogP contribution in [0.2, 0.25) is 0 Å². The van der Waals surface area contributed by atoms with Crippen LogP contribution in [0.5, 0.6) is 0 Å². The Morgan fingerprint density at radius 1 is 0.840 bits per heavy atom. The minimum Gasteiger partial charge on any atom is -0.379 e. The quantitative estimate of drug-likeness (QED) is 0.414. The van der Waals surface area contributed by atoms with Crippen LogP contribution in [0.25, 0.3) is 0 Å². The highest BCUT2D eigenvalue weighted by atomic mass is 32.2. The van der Waals surface area contributed by atoms with Gasteiger partial charge in [0.2, 0.25) is 0 Å². The number of rotatable bonds is 3. The highest BCUT2D eigenvalue weighted by Crippen LogP contribution is 2.30. The van der Waals surface area contributed by atoms with E-state index in [0.29, 0.717) is 0 Å². The summed E-state index contributed by atoms with van der Waals surface area (Å²) in [6, 6.07) is 0. The number of hydrogen-bond acceptors (Lipinski definition) is 8. The molecule has 152 valence electrons. The van der Waals surface area contributed by atoms with E-state index in [9.17, 15) is 30.0 Å². The first kappa shape index (κ1) is 24.5. The third-order valence-electron chi connectivity index (χ3n) is 2.56. The fourth-order valence-corrected chi connectivity index (χ4v) is 2.63. The molecule has 0 spiro atoms. The van der Waals surface area contributed by atoms with Gasteiger partial charge in [-0.05, 0) is 0 Å². The minimum absolute atomic E-state index is 0.889. The Morgan fingerprint density at radius 3 is 1.24 bits per heavy atom. The lowest BCUT2D eigenvalue weighted by molar-refractivity contribution is 0.0295. The van der Waals surface area contributed by atoms with Gasteiger partial charge >= 0.3 is 31.0 Å². The summed E-state index contributed by atoms with van der Waals surface area (Å²) in [7, 11) is -12.1. The van der Waals surface area contributed by atoms with Crippen LogP contribution in [-0.4, -0.2) is 89.3 Å². The Bertz CT molecular complexity index is 530. The van der Waals surface area contributed by atoms with Crippen molar-refractivity contribution in [2.45, 2.75) is 10.8 Å². The summed E-state index contributed by atoms with van der Waals surface area (Å²) in [6.45, 7) is 7.67. The molecule has 0 amide bonds. The van der Waals surface area contributed by atoms with Crippen molar-refractivity contribution in [3.63, 3.8) is 0 Å². The van der Waals surface area contributed by atoms with Crippen molar-refractivity contribution in [1.29, 1.82) is 0 Å². The maximum atomic E-state index is 12.1. The van der Waals surface area contributed by atoms with Gasteiger partial charge in [0.1, 0.15) is 0 Å². The molecule has 0 aromatic rings. The number of morpholine rings is 2. The van der Waals surface area contributed by atoms with E-state index < -0.39 is 31.0 Å². The molecular weight excluding hydrogens is 397 g/mol. The Kier molecular flexibility index (Phi) is 11.0. The first-order valence-electron chi connectivity index (χ1n) is 6.93. The van der Waals surface area contributed by atoms with Gasteiger partial charge in [-0.15, -0.1) is 0 Å². The largest absolute Gasteiger partial charge is 0.416 e. The summed E-state index contributed by atoms with van der Waals surface area (Å²) in [4.78, 5) is 0. The van der Waals surface area contributed by atoms with Crippen LogP contribution in [0.15, 0.2) is 0 Å². The van der Waals surface area contributed by atoms with Crippen LogP contribution >= 0.6 is 0 Å². The molecule has 0 radical (unpaired) electrons. The molecule has 1 atom stereocenters. The molecule has 15 heteroatoms. The van der Waals surface area contributed by atoms with Crippen molar-refractivity contribution in [2.24, 2.45) is 0 Å². The van der Waals surface area contributed by atoms with Gasteiger partial charge in [-0.2, -0.15) is 25.6 Å². The Balaban J connectivity index is 0.000000392. The normalized spacial score (nSPS) is 20.4. The van der Waals surface area contributed by atoms with Crippen LogP contribution in [0, 0.1) is 0 Å². The molecule has 2 aliphatic heterocycles. The van der Waals surface area contributed by atoms with Gasteiger partial charge in [0.05, 0.1) is 26.4 Å². The van der Waals surface area contributed by atoms with E-state index in [-0.39, 0.29) is 0 Å². The fraction of sp³-hybridized carbons (Fsp3) is 1.00. The highest BCUT2D eigenvalue weighted by molar-refractivity contribution is 7.90. The van der Waals surface area contributed by atoms with Crippen LogP contribution in [0.4, 0.5) is 13.2 Å². The van der Waals surface area contributed by atoms with E-state index in [1.54, 1.807) is 0 Å². The van der Waals surface area contributed by atoms with Crippen molar-refractivity contribution >= 4 is 20.2 Å². The summed E-state index contributed by atoms with van der Waals surface area (Å²) in [5.74, 6) is 0. The zero-order valence-electron chi connectivity index (χ0n) is 13.0. The Hall–Kier alpha value is -0.550. The number of ether oxygens (including phenoxy) is 2. The van der Waals surface area contributed by atoms with E-state index in [4.69, 9.17) is 18.6 Å². The van der Waals surface area contributed by atoms with Gasteiger partial charge < -0.3 is 20.1 Å². The van der Waals surface area contributed by atoms with Crippen LogP contribution in [0.3, 0.4) is 0 Å². The highest BCUT2D eigenvalue weighted by Gasteiger charge is 2.58. The zero-order valence-corrected chi connectivity index (χ0v) is 14.7. The molecule has 2 saturated heterocycles. The van der Waals surface area contributed by atoms with E-state index in [0.717, 1.165) is 52.6 Å². The number of nitrogens with one attached hydrogen (secondary N) is 2. The maximum Gasteiger partial charge on any atom is 0.416 e. The lowest BCUT2D eigenvalue weighted by Crippen LogP contribution is -2.42. The summed E-state index contributed by atoms with van der Waals surface area (Å²) < 4.78 is 101. The molecule has 0 bridgehead atoms. The topological polar surface area (TPSA) is 151 Å². The molecule has 2 heterocycles. The summed E-state index contributed by atoms with van der Waals surface area (Å²) in [5.41, 5.74) is -4.42. The second-order valence-electron chi connectivity index (χ2n) is 4.59. The van der Waals surface area contributed by atoms with Gasteiger partial charge in [0, 0.05) is 26.2 Å². The van der Waals surface area contributed by atoms with Crippen molar-refractivity contribution in [3.8, 4) is 0 Å². The molecule has 2 fully saturated rings. The zero-order chi connectivity index (χ0) is 19.6. The molecule has 0 aromatic heterocycles. The number of halogens is 3. The van der Waals surface area contributed by atoms with Crippen molar-refractivity contribution in [3.05, 3.63) is 0 Å². The second-order valence-corrected chi connectivity index (χ2v) is 7.53. The van der Waals surface area contributed by atoms with Gasteiger partial charge in [-0.25, -0.2) is 4.39 Å². The smallest absolute Gasteiger partial charge is 0.379 e. The standard InChI is InChI=1S/2C4H9NO.C2H3F3O6S2/c2*1-3-6-4-2-5-1;3-1(12(6,7)8)2(4,5)13(9,10)11/h2*5H,1-4H2;1H,(H,6,7,8)(H,9,10,11). The number of alkyl halides is 3. The number of hydrogen-bond donors (Lipinski definition) is 4. The molecule has 0 aromatic carbocycles. The summed E-state index contributed by atoms with van der Waals surface area (Å²) >= 11 is 0. The predicted molar refractivity (Wildman–Crippen MR) is 80.3 cm³/mol. The average molecular weight is 418 g/mol. The van der Waals surface area contributed by atoms with Crippen LogP contribution in [0.1, 0.15) is 0 Å². The third kappa shape index (κ3) is 10.2. The molecular formula is C10H21F3N2O8S2. The van der Waals surface area contributed by atoms with Gasteiger partial charge in [-0.3, -0.25) is 9.11 Å². The lowest BCUT2D eigenvalue weighted by atomic mass is 10.5. The van der Waals surface area contributed by atoms with E-state index in [2.05, 4.69) is 10.6 Å². The van der Waals surface area contributed by atoms with E-state index in [1.807, 2.05) is 0 Å². The molecule has 0 aliphatic carbocycles.